The minimum atomic E-state index is -0.985. The molecule has 0 saturated carbocycles. The van der Waals surface area contributed by atoms with E-state index >= 15 is 0 Å². The van der Waals surface area contributed by atoms with E-state index in [1.165, 1.54) is 23.6 Å². The van der Waals surface area contributed by atoms with Gasteiger partial charge in [0.05, 0.1) is 11.3 Å². The number of benzene rings is 2. The Hall–Kier alpha value is -2.49. The first-order valence-electron chi connectivity index (χ1n) is 6.65. The maximum atomic E-state index is 11.3. The Balaban J connectivity index is 1.93. The molecule has 2 aromatic rings. The predicted molar refractivity (Wildman–Crippen MR) is 79.6 cm³/mol. The van der Waals surface area contributed by atoms with Crippen LogP contribution in [0.3, 0.4) is 0 Å². The maximum Gasteiger partial charge on any atom is 0.337 e. The van der Waals surface area contributed by atoms with Crippen LogP contribution in [0.4, 0.5) is 17.1 Å². The van der Waals surface area contributed by atoms with Crippen LogP contribution in [-0.2, 0) is 12.8 Å². The SMILES string of the molecule is Nc1ccc(Nc2ccc3c(c2)CCC3)c(C(=O)O)c1. The van der Waals surface area contributed by atoms with Gasteiger partial charge >= 0.3 is 5.97 Å². The van der Waals surface area contributed by atoms with Gasteiger partial charge in [0, 0.05) is 11.4 Å². The molecule has 102 valence electrons. The first kappa shape index (κ1) is 12.5. The van der Waals surface area contributed by atoms with E-state index in [9.17, 15) is 9.90 Å². The topological polar surface area (TPSA) is 75.3 Å². The number of carboxylic acid groups (broad SMARTS) is 1. The van der Waals surface area contributed by atoms with Gasteiger partial charge in [0.2, 0.25) is 0 Å². The van der Waals surface area contributed by atoms with Crippen LogP contribution in [0.2, 0.25) is 0 Å². The minimum Gasteiger partial charge on any atom is -0.478 e. The molecule has 0 heterocycles. The third kappa shape index (κ3) is 2.32. The lowest BCUT2D eigenvalue weighted by molar-refractivity contribution is 0.0698. The second-order valence-corrected chi connectivity index (χ2v) is 5.07. The molecule has 4 nitrogen and oxygen atoms in total. The average molecular weight is 268 g/mol. The number of aryl methyl sites for hydroxylation is 2. The third-order valence-corrected chi connectivity index (χ3v) is 3.65. The van der Waals surface area contributed by atoms with Crippen molar-refractivity contribution >= 4 is 23.0 Å². The van der Waals surface area contributed by atoms with E-state index in [2.05, 4.69) is 17.4 Å². The molecule has 0 fully saturated rings. The summed E-state index contributed by atoms with van der Waals surface area (Å²) in [5.74, 6) is -0.985. The van der Waals surface area contributed by atoms with Crippen LogP contribution in [0.1, 0.15) is 27.9 Å². The number of aromatic carboxylic acids is 1. The fourth-order valence-electron chi connectivity index (χ4n) is 2.65. The molecular weight excluding hydrogens is 252 g/mol. The fourth-order valence-corrected chi connectivity index (χ4v) is 2.65. The van der Waals surface area contributed by atoms with Gasteiger partial charge in [0.15, 0.2) is 0 Å². The van der Waals surface area contributed by atoms with Gasteiger partial charge in [-0.25, -0.2) is 4.79 Å². The number of fused-ring (bicyclic) bond motifs is 1. The molecule has 20 heavy (non-hydrogen) atoms. The van der Waals surface area contributed by atoms with E-state index in [4.69, 9.17) is 5.73 Å². The molecule has 0 amide bonds. The molecule has 2 aromatic carbocycles. The highest BCUT2D eigenvalue weighted by Gasteiger charge is 2.13. The Bertz CT molecular complexity index is 680. The standard InChI is InChI=1S/C16H16N2O2/c17-12-5-7-15(14(9-12)16(19)20)18-13-6-4-10-2-1-3-11(10)8-13/h4-9,18H,1-3,17H2,(H,19,20). The number of anilines is 3. The summed E-state index contributed by atoms with van der Waals surface area (Å²) >= 11 is 0. The normalized spacial score (nSPS) is 13.0. The molecule has 1 aliphatic carbocycles. The number of nitrogens with one attached hydrogen (secondary N) is 1. The second-order valence-electron chi connectivity index (χ2n) is 5.07. The van der Waals surface area contributed by atoms with E-state index in [1.807, 2.05) is 6.07 Å². The summed E-state index contributed by atoms with van der Waals surface area (Å²) in [6.07, 6.45) is 3.43. The zero-order chi connectivity index (χ0) is 14.1. The lowest BCUT2D eigenvalue weighted by atomic mass is 10.1. The van der Waals surface area contributed by atoms with Crippen molar-refractivity contribution in [3.63, 3.8) is 0 Å². The molecular formula is C16H16N2O2. The number of rotatable bonds is 3. The molecule has 1 aliphatic rings. The summed E-state index contributed by atoms with van der Waals surface area (Å²) in [5.41, 5.74) is 10.5. The smallest absolute Gasteiger partial charge is 0.337 e. The summed E-state index contributed by atoms with van der Waals surface area (Å²) < 4.78 is 0. The van der Waals surface area contributed by atoms with Crippen molar-refractivity contribution in [2.75, 3.05) is 11.1 Å². The maximum absolute atomic E-state index is 11.3. The van der Waals surface area contributed by atoms with Crippen LogP contribution in [-0.4, -0.2) is 11.1 Å². The largest absolute Gasteiger partial charge is 0.478 e. The monoisotopic (exact) mass is 268 g/mol. The number of nitrogens with two attached hydrogens (primary N) is 1. The Morgan fingerprint density at radius 2 is 1.90 bits per heavy atom. The minimum absolute atomic E-state index is 0.186. The molecule has 0 aliphatic heterocycles. The van der Waals surface area contributed by atoms with Crippen molar-refractivity contribution in [3.8, 4) is 0 Å². The van der Waals surface area contributed by atoms with Gasteiger partial charge in [0.25, 0.3) is 0 Å². The molecule has 0 bridgehead atoms. The molecule has 4 N–H and O–H groups in total. The van der Waals surface area contributed by atoms with E-state index in [1.54, 1.807) is 12.1 Å². The van der Waals surface area contributed by atoms with Crippen molar-refractivity contribution in [1.29, 1.82) is 0 Å². The van der Waals surface area contributed by atoms with Crippen LogP contribution < -0.4 is 11.1 Å². The van der Waals surface area contributed by atoms with Gasteiger partial charge in [-0.05, 0) is 60.7 Å². The number of hydrogen-bond donors (Lipinski definition) is 3. The molecule has 4 heteroatoms. The van der Waals surface area contributed by atoms with E-state index in [-0.39, 0.29) is 5.56 Å². The Morgan fingerprint density at radius 3 is 2.70 bits per heavy atom. The Labute approximate surface area is 117 Å². The Morgan fingerprint density at radius 1 is 1.10 bits per heavy atom. The van der Waals surface area contributed by atoms with E-state index in [0.29, 0.717) is 11.4 Å². The highest BCUT2D eigenvalue weighted by molar-refractivity contribution is 5.96. The van der Waals surface area contributed by atoms with Crippen molar-refractivity contribution in [1.82, 2.24) is 0 Å². The molecule has 0 unspecified atom stereocenters. The number of hydrogen-bond acceptors (Lipinski definition) is 3. The van der Waals surface area contributed by atoms with Gasteiger partial charge < -0.3 is 16.2 Å². The zero-order valence-corrected chi connectivity index (χ0v) is 11.0. The first-order valence-corrected chi connectivity index (χ1v) is 6.65. The number of carboxylic acids is 1. The number of carbonyl (C=O) groups is 1. The summed E-state index contributed by atoms with van der Waals surface area (Å²) in [7, 11) is 0. The summed E-state index contributed by atoms with van der Waals surface area (Å²) in [6, 6.07) is 11.1. The van der Waals surface area contributed by atoms with Gasteiger partial charge in [0.1, 0.15) is 0 Å². The van der Waals surface area contributed by atoms with Crippen molar-refractivity contribution in [2.24, 2.45) is 0 Å². The van der Waals surface area contributed by atoms with Gasteiger partial charge in [-0.3, -0.25) is 0 Å². The molecule has 0 aromatic heterocycles. The van der Waals surface area contributed by atoms with Gasteiger partial charge in [-0.1, -0.05) is 6.07 Å². The third-order valence-electron chi connectivity index (χ3n) is 3.65. The highest BCUT2D eigenvalue weighted by Crippen LogP contribution is 2.28. The van der Waals surface area contributed by atoms with Gasteiger partial charge in [-0.15, -0.1) is 0 Å². The summed E-state index contributed by atoms with van der Waals surface area (Å²) in [6.45, 7) is 0. The lowest BCUT2D eigenvalue weighted by Gasteiger charge is -2.11. The summed E-state index contributed by atoms with van der Waals surface area (Å²) in [4.78, 5) is 11.3. The first-order chi connectivity index (χ1) is 9.63. The predicted octanol–water partition coefficient (Wildman–Crippen LogP) is 3.20. The molecule has 3 rings (SSSR count). The molecule has 0 spiro atoms. The molecule has 0 radical (unpaired) electrons. The van der Waals surface area contributed by atoms with Crippen LogP contribution in [0, 0.1) is 0 Å². The Kier molecular flexibility index (Phi) is 3.06. The van der Waals surface area contributed by atoms with E-state index in [0.717, 1.165) is 18.5 Å². The van der Waals surface area contributed by atoms with Crippen molar-refractivity contribution < 1.29 is 9.90 Å². The lowest BCUT2D eigenvalue weighted by Crippen LogP contribution is -2.04. The van der Waals surface area contributed by atoms with Crippen LogP contribution in [0.5, 0.6) is 0 Å². The van der Waals surface area contributed by atoms with Gasteiger partial charge in [-0.2, -0.15) is 0 Å². The molecule has 0 saturated heterocycles. The fraction of sp³-hybridized carbons (Fsp3) is 0.188. The van der Waals surface area contributed by atoms with Crippen molar-refractivity contribution in [3.05, 3.63) is 53.1 Å². The van der Waals surface area contributed by atoms with Crippen LogP contribution in [0.15, 0.2) is 36.4 Å². The van der Waals surface area contributed by atoms with Crippen LogP contribution in [0.25, 0.3) is 0 Å². The van der Waals surface area contributed by atoms with E-state index < -0.39 is 5.97 Å². The zero-order valence-electron chi connectivity index (χ0n) is 11.0. The quantitative estimate of drug-likeness (QED) is 0.747. The second kappa shape index (κ2) is 4.89. The van der Waals surface area contributed by atoms with Crippen LogP contribution >= 0.6 is 0 Å². The molecule has 0 atom stereocenters. The summed E-state index contributed by atoms with van der Waals surface area (Å²) in [5, 5.41) is 12.4. The van der Waals surface area contributed by atoms with Crippen molar-refractivity contribution in [2.45, 2.75) is 19.3 Å². The highest BCUT2D eigenvalue weighted by atomic mass is 16.4. The number of nitrogen functional groups attached to an aromatic ring is 1. The average Bonchev–Trinajstić information content (AvgIpc) is 2.88.